The number of pyridine rings is 2. The fraction of sp³-hybridized carbons (Fsp3) is 0.351. The second kappa shape index (κ2) is 15.1. The number of ether oxygens (including phenoxy) is 2. The van der Waals surface area contributed by atoms with Crippen molar-refractivity contribution in [2.24, 2.45) is 0 Å². The van der Waals surface area contributed by atoms with Crippen molar-refractivity contribution < 1.29 is 27.5 Å². The molecule has 0 aliphatic rings. The number of hydrogen-bond donors (Lipinski definition) is 1. The molecular weight excluding hydrogens is 628 g/mol. The average Bonchev–Trinajstić information content (AvgIpc) is 3.02. The van der Waals surface area contributed by atoms with Gasteiger partial charge in [0.15, 0.2) is 5.03 Å². The Kier molecular flexibility index (Phi) is 11.4. The number of benzene rings is 2. The lowest BCUT2D eigenvalue weighted by Gasteiger charge is -2.28. The summed E-state index contributed by atoms with van der Waals surface area (Å²) in [5.41, 5.74) is 2.90. The summed E-state index contributed by atoms with van der Waals surface area (Å²) in [6, 6.07) is 24.9. The molecule has 48 heavy (non-hydrogen) atoms. The van der Waals surface area contributed by atoms with Gasteiger partial charge in [0.25, 0.3) is 10.0 Å². The van der Waals surface area contributed by atoms with Crippen LogP contribution in [0.3, 0.4) is 0 Å². The van der Waals surface area contributed by atoms with Gasteiger partial charge in [0, 0.05) is 6.20 Å². The van der Waals surface area contributed by atoms with E-state index in [2.05, 4.69) is 34.8 Å². The molecule has 1 amide bonds. The average molecular weight is 673 g/mol. The van der Waals surface area contributed by atoms with Crippen molar-refractivity contribution in [2.75, 3.05) is 11.4 Å². The summed E-state index contributed by atoms with van der Waals surface area (Å²) >= 11 is 0. The first-order chi connectivity index (χ1) is 22.5. The number of esters is 1. The van der Waals surface area contributed by atoms with E-state index >= 15 is 0 Å². The van der Waals surface area contributed by atoms with Crippen LogP contribution in [0, 0.1) is 0 Å². The van der Waals surface area contributed by atoms with E-state index in [-0.39, 0.29) is 17.3 Å². The van der Waals surface area contributed by atoms with Crippen LogP contribution in [0.2, 0.25) is 0 Å². The van der Waals surface area contributed by atoms with Gasteiger partial charge in [-0.2, -0.15) is 0 Å². The third-order valence-electron chi connectivity index (χ3n) is 6.98. The number of aryl methyl sites for hydroxylation is 1. The molecule has 0 aliphatic heterocycles. The van der Waals surface area contributed by atoms with Crippen LogP contribution in [-0.4, -0.2) is 48.2 Å². The molecule has 10 nitrogen and oxygen atoms in total. The van der Waals surface area contributed by atoms with Gasteiger partial charge in [-0.3, -0.25) is 9.69 Å². The maximum atomic E-state index is 13.5. The lowest BCUT2D eigenvalue weighted by Crippen LogP contribution is -2.42. The van der Waals surface area contributed by atoms with E-state index in [1.165, 1.54) is 17.8 Å². The van der Waals surface area contributed by atoms with E-state index in [1.54, 1.807) is 71.9 Å². The van der Waals surface area contributed by atoms with Crippen LogP contribution in [0.5, 0.6) is 0 Å². The third-order valence-corrected chi connectivity index (χ3v) is 8.37. The molecule has 254 valence electrons. The first-order valence-electron chi connectivity index (χ1n) is 15.8. The minimum atomic E-state index is -4.08. The topological polar surface area (TPSA) is 128 Å². The van der Waals surface area contributed by atoms with Crippen molar-refractivity contribution in [3.05, 3.63) is 108 Å². The molecule has 2 aromatic heterocycles. The van der Waals surface area contributed by atoms with Crippen molar-refractivity contribution in [1.82, 2.24) is 14.7 Å². The highest BCUT2D eigenvalue weighted by molar-refractivity contribution is 7.89. The van der Waals surface area contributed by atoms with Gasteiger partial charge < -0.3 is 9.47 Å². The monoisotopic (exact) mass is 672 g/mol. The summed E-state index contributed by atoms with van der Waals surface area (Å²) < 4.78 is 40.9. The Morgan fingerprint density at radius 1 is 0.812 bits per heavy atom. The fourth-order valence-corrected chi connectivity index (χ4v) is 6.00. The van der Waals surface area contributed by atoms with Crippen molar-refractivity contribution in [3.63, 3.8) is 0 Å². The molecule has 0 aliphatic carbocycles. The van der Waals surface area contributed by atoms with E-state index in [0.29, 0.717) is 5.69 Å². The number of anilines is 1. The minimum Gasteiger partial charge on any atom is -0.459 e. The van der Waals surface area contributed by atoms with Crippen molar-refractivity contribution >= 4 is 27.9 Å². The number of carbonyl (C=O) groups excluding carboxylic acids is 2. The summed E-state index contributed by atoms with van der Waals surface area (Å²) in [5, 5.41) is -0.141. The van der Waals surface area contributed by atoms with Gasteiger partial charge in [0.05, 0.1) is 11.7 Å². The molecule has 0 saturated heterocycles. The van der Waals surface area contributed by atoms with Gasteiger partial charge in [-0.25, -0.2) is 27.9 Å². The molecule has 0 radical (unpaired) electrons. The summed E-state index contributed by atoms with van der Waals surface area (Å²) in [7, 11) is -4.08. The van der Waals surface area contributed by atoms with E-state index in [0.717, 1.165) is 28.0 Å². The largest absolute Gasteiger partial charge is 0.459 e. The Hall–Kier alpha value is -4.61. The number of amides is 1. The van der Waals surface area contributed by atoms with Crippen molar-refractivity contribution in [2.45, 2.75) is 83.6 Å². The van der Waals surface area contributed by atoms with Gasteiger partial charge in [-0.05, 0) is 101 Å². The highest BCUT2D eigenvalue weighted by Gasteiger charge is 2.30. The maximum Gasteiger partial charge on any atom is 0.416 e. The van der Waals surface area contributed by atoms with Crippen LogP contribution in [-0.2, 0) is 37.1 Å². The zero-order valence-electron chi connectivity index (χ0n) is 28.6. The molecule has 4 rings (SSSR count). The number of rotatable bonds is 11. The predicted molar refractivity (Wildman–Crippen MR) is 186 cm³/mol. The van der Waals surface area contributed by atoms with Crippen LogP contribution in [0.15, 0.2) is 96.2 Å². The highest BCUT2D eigenvalue weighted by Crippen LogP contribution is 2.26. The minimum absolute atomic E-state index is 0.0980. The van der Waals surface area contributed by atoms with Gasteiger partial charge in [0.2, 0.25) is 0 Å². The van der Waals surface area contributed by atoms with Crippen LogP contribution < -0.4 is 9.62 Å². The van der Waals surface area contributed by atoms with Crippen LogP contribution in [0.4, 0.5) is 10.6 Å². The highest BCUT2D eigenvalue weighted by atomic mass is 32.2. The predicted octanol–water partition coefficient (Wildman–Crippen LogP) is 7.05. The van der Waals surface area contributed by atoms with Crippen LogP contribution in [0.1, 0.15) is 71.3 Å². The van der Waals surface area contributed by atoms with E-state index in [1.807, 2.05) is 30.3 Å². The Bertz CT molecular complexity index is 1820. The molecule has 0 spiro atoms. The molecule has 0 bridgehead atoms. The Balaban J connectivity index is 1.72. The molecule has 0 saturated carbocycles. The lowest BCUT2D eigenvalue weighted by molar-refractivity contribution is -0.153. The zero-order chi connectivity index (χ0) is 35.1. The Morgan fingerprint density at radius 2 is 1.50 bits per heavy atom. The van der Waals surface area contributed by atoms with Gasteiger partial charge in [-0.15, -0.1) is 0 Å². The standard InChI is InChI=1S/C37H44N4O6S/c1-8-26-13-11-14-29(23-26)28-20-18-27(19-21-28)24-31(40-48(44,45)33-17-9-10-22-38-33)30-15-12-16-32(39-30)41(35(43)47-37(5,6)7)25-34(42)46-36(2,3)4/h9-23,31,40H,8,24-25H2,1-7H3. The van der Waals surface area contributed by atoms with E-state index in [4.69, 9.17) is 14.5 Å². The van der Waals surface area contributed by atoms with Crippen LogP contribution in [0.25, 0.3) is 11.1 Å². The van der Waals surface area contributed by atoms with Crippen molar-refractivity contribution in [1.29, 1.82) is 0 Å². The first kappa shape index (κ1) is 36.2. The van der Waals surface area contributed by atoms with E-state index in [9.17, 15) is 18.0 Å². The molecular formula is C37H44N4O6S. The first-order valence-corrected chi connectivity index (χ1v) is 17.3. The number of carbonyl (C=O) groups is 2. The number of hydrogen-bond acceptors (Lipinski definition) is 8. The molecule has 1 N–H and O–H groups in total. The zero-order valence-corrected chi connectivity index (χ0v) is 29.4. The lowest BCUT2D eigenvalue weighted by atomic mass is 9.98. The molecule has 1 unspecified atom stereocenters. The Morgan fingerprint density at radius 3 is 2.12 bits per heavy atom. The molecule has 2 heterocycles. The number of aromatic nitrogens is 2. The molecule has 0 fully saturated rings. The molecule has 11 heteroatoms. The maximum absolute atomic E-state index is 13.5. The summed E-state index contributed by atoms with van der Waals surface area (Å²) in [4.78, 5) is 36.1. The smallest absolute Gasteiger partial charge is 0.416 e. The molecule has 2 aromatic carbocycles. The molecule has 1 atom stereocenters. The third kappa shape index (κ3) is 10.4. The number of nitrogens with zero attached hydrogens (tertiary/aromatic N) is 3. The quantitative estimate of drug-likeness (QED) is 0.168. The SMILES string of the molecule is CCc1cccc(-c2ccc(CC(NS(=O)(=O)c3ccccn3)c3cccc(N(CC(=O)OC(C)(C)C)C(=O)OC(C)(C)C)n3)cc2)c1. The normalized spacial score (nSPS) is 12.6. The number of nitrogens with one attached hydrogen (secondary N) is 1. The second-order valence-electron chi connectivity index (χ2n) is 13.4. The van der Waals surface area contributed by atoms with Crippen molar-refractivity contribution in [3.8, 4) is 11.1 Å². The molecule has 4 aromatic rings. The van der Waals surface area contributed by atoms with Crippen LogP contribution >= 0.6 is 0 Å². The summed E-state index contributed by atoms with van der Waals surface area (Å²) in [6.07, 6.45) is 1.77. The van der Waals surface area contributed by atoms with E-state index < -0.39 is 45.9 Å². The van der Waals surface area contributed by atoms with Gasteiger partial charge in [0.1, 0.15) is 23.6 Å². The Labute approximate surface area is 283 Å². The fourth-order valence-electron chi connectivity index (χ4n) is 4.84. The van der Waals surface area contributed by atoms with Gasteiger partial charge in [-0.1, -0.05) is 67.6 Å². The summed E-state index contributed by atoms with van der Waals surface area (Å²) in [5.74, 6) is -0.557. The second-order valence-corrected chi connectivity index (χ2v) is 15.0. The van der Waals surface area contributed by atoms with Gasteiger partial charge >= 0.3 is 12.1 Å². The number of sulfonamides is 1. The summed E-state index contributed by atoms with van der Waals surface area (Å²) in [6.45, 7) is 12.0.